The molecule has 0 aliphatic carbocycles. The maximum atomic E-state index is 8.79. The number of benzene rings is 2. The first-order chi connectivity index (χ1) is 9.61. The van der Waals surface area contributed by atoms with Crippen LogP contribution in [0.3, 0.4) is 0 Å². The number of hydrogen-bond acceptors (Lipinski definition) is 3. The van der Waals surface area contributed by atoms with Crippen LogP contribution in [-0.4, -0.2) is 11.0 Å². The van der Waals surface area contributed by atoms with Crippen molar-refractivity contribution >= 4 is 17.4 Å². The average Bonchev–Trinajstić information content (AvgIpc) is 2.46. The molecule has 0 radical (unpaired) electrons. The van der Waals surface area contributed by atoms with Crippen molar-refractivity contribution in [2.24, 2.45) is 10.9 Å². The van der Waals surface area contributed by atoms with Gasteiger partial charge in [-0.3, -0.25) is 0 Å². The van der Waals surface area contributed by atoms with Crippen LogP contribution in [0, 0.1) is 6.92 Å². The van der Waals surface area contributed by atoms with Crippen LogP contribution in [0.4, 0.5) is 0 Å². The van der Waals surface area contributed by atoms with Gasteiger partial charge >= 0.3 is 0 Å². The normalized spacial score (nSPS) is 11.4. The van der Waals surface area contributed by atoms with Crippen LogP contribution in [0.15, 0.2) is 47.6 Å². The van der Waals surface area contributed by atoms with E-state index >= 15 is 0 Å². The second kappa shape index (κ2) is 6.30. The van der Waals surface area contributed by atoms with Crippen molar-refractivity contribution in [1.82, 2.24) is 0 Å². The smallest absolute Gasteiger partial charge is 0.173 e. The van der Waals surface area contributed by atoms with Gasteiger partial charge < -0.3 is 15.7 Å². The molecule has 2 aromatic rings. The maximum Gasteiger partial charge on any atom is 0.173 e. The molecule has 5 heteroatoms. The van der Waals surface area contributed by atoms with Crippen molar-refractivity contribution in [2.75, 3.05) is 0 Å². The van der Waals surface area contributed by atoms with E-state index < -0.39 is 0 Å². The summed E-state index contributed by atoms with van der Waals surface area (Å²) in [5, 5.41) is 12.3. The summed E-state index contributed by atoms with van der Waals surface area (Å²) in [6.45, 7) is 2.40. The van der Waals surface area contributed by atoms with Gasteiger partial charge in [0.25, 0.3) is 0 Å². The molecule has 104 valence electrons. The molecule has 0 aliphatic rings. The van der Waals surface area contributed by atoms with Gasteiger partial charge in [0, 0.05) is 5.02 Å². The fourth-order valence-electron chi connectivity index (χ4n) is 1.81. The van der Waals surface area contributed by atoms with Crippen LogP contribution in [-0.2, 0) is 6.61 Å². The Bertz CT molecular complexity index is 642. The van der Waals surface area contributed by atoms with Crippen molar-refractivity contribution in [2.45, 2.75) is 13.5 Å². The zero-order valence-electron chi connectivity index (χ0n) is 11.0. The van der Waals surface area contributed by atoms with Crippen LogP contribution in [0.5, 0.6) is 5.75 Å². The second-order valence-corrected chi connectivity index (χ2v) is 4.78. The lowest BCUT2D eigenvalue weighted by Crippen LogP contribution is -2.15. The number of aryl methyl sites for hydroxylation is 1. The monoisotopic (exact) mass is 290 g/mol. The number of nitrogens with two attached hydrogens (primary N) is 1. The summed E-state index contributed by atoms with van der Waals surface area (Å²) in [6, 6.07) is 12.9. The topological polar surface area (TPSA) is 67.8 Å². The lowest BCUT2D eigenvalue weighted by atomic mass is 10.1. The van der Waals surface area contributed by atoms with E-state index in [9.17, 15) is 0 Å². The minimum atomic E-state index is -0.0125. The lowest BCUT2D eigenvalue weighted by molar-refractivity contribution is 0.302. The van der Waals surface area contributed by atoms with Gasteiger partial charge in [-0.25, -0.2) is 0 Å². The molecule has 2 rings (SSSR count). The van der Waals surface area contributed by atoms with Gasteiger partial charge in [0.15, 0.2) is 5.84 Å². The molecule has 0 unspecified atom stereocenters. The zero-order chi connectivity index (χ0) is 14.5. The number of nitrogens with zero attached hydrogens (tertiary/aromatic N) is 1. The SMILES string of the molecule is Cc1ccccc1COc1cc(Cl)ccc1/C(N)=N/O. The van der Waals surface area contributed by atoms with E-state index in [1.165, 1.54) is 0 Å². The highest BCUT2D eigenvalue weighted by Crippen LogP contribution is 2.24. The summed E-state index contributed by atoms with van der Waals surface area (Å²) in [6.07, 6.45) is 0. The Kier molecular flexibility index (Phi) is 4.48. The van der Waals surface area contributed by atoms with Crippen LogP contribution in [0.25, 0.3) is 0 Å². The second-order valence-electron chi connectivity index (χ2n) is 4.34. The third kappa shape index (κ3) is 3.22. The average molecular weight is 291 g/mol. The largest absolute Gasteiger partial charge is 0.488 e. The molecule has 20 heavy (non-hydrogen) atoms. The van der Waals surface area contributed by atoms with Gasteiger partial charge in [-0.05, 0) is 36.2 Å². The number of hydrogen-bond donors (Lipinski definition) is 2. The standard InChI is InChI=1S/C15H15ClN2O2/c1-10-4-2-3-5-11(10)9-20-14-8-12(16)6-7-13(14)15(17)18-19/h2-8,19H,9H2,1H3,(H2,17,18). The summed E-state index contributed by atoms with van der Waals surface area (Å²) in [5.41, 5.74) is 8.33. The Balaban J connectivity index is 2.25. The molecular weight excluding hydrogens is 276 g/mol. The van der Waals surface area contributed by atoms with Gasteiger partial charge in [-0.1, -0.05) is 41.0 Å². The van der Waals surface area contributed by atoms with Crippen molar-refractivity contribution in [3.8, 4) is 5.75 Å². The molecular formula is C15H15ClN2O2. The highest BCUT2D eigenvalue weighted by molar-refractivity contribution is 6.30. The Hall–Kier alpha value is -2.20. The fraction of sp³-hybridized carbons (Fsp3) is 0.133. The van der Waals surface area contributed by atoms with Gasteiger partial charge in [0.1, 0.15) is 12.4 Å². The maximum absolute atomic E-state index is 8.79. The Labute approximate surface area is 122 Å². The summed E-state index contributed by atoms with van der Waals surface area (Å²) in [5.74, 6) is 0.470. The number of oxime groups is 1. The van der Waals surface area contributed by atoms with Gasteiger partial charge in [-0.2, -0.15) is 0 Å². The van der Waals surface area contributed by atoms with Crippen LogP contribution < -0.4 is 10.5 Å². The van der Waals surface area contributed by atoms with E-state index in [1.54, 1.807) is 18.2 Å². The van der Waals surface area contributed by atoms with Crippen LogP contribution in [0.1, 0.15) is 16.7 Å². The van der Waals surface area contributed by atoms with Gasteiger partial charge in [0.2, 0.25) is 0 Å². The van der Waals surface area contributed by atoms with Crippen molar-refractivity contribution in [3.63, 3.8) is 0 Å². The molecule has 2 aromatic carbocycles. The molecule has 0 aromatic heterocycles. The molecule has 0 saturated carbocycles. The Morgan fingerprint density at radius 3 is 2.75 bits per heavy atom. The minimum Gasteiger partial charge on any atom is -0.488 e. The molecule has 0 saturated heterocycles. The molecule has 0 heterocycles. The van der Waals surface area contributed by atoms with Crippen molar-refractivity contribution in [3.05, 3.63) is 64.2 Å². The quantitative estimate of drug-likeness (QED) is 0.393. The Morgan fingerprint density at radius 2 is 2.05 bits per heavy atom. The highest BCUT2D eigenvalue weighted by atomic mass is 35.5. The molecule has 0 fully saturated rings. The number of amidine groups is 1. The number of ether oxygens (including phenoxy) is 1. The fourth-order valence-corrected chi connectivity index (χ4v) is 1.97. The molecule has 0 aliphatic heterocycles. The van der Waals surface area contributed by atoms with E-state index in [1.807, 2.05) is 31.2 Å². The summed E-state index contributed by atoms with van der Waals surface area (Å²) in [7, 11) is 0. The third-order valence-corrected chi connectivity index (χ3v) is 3.21. The van der Waals surface area contributed by atoms with Crippen molar-refractivity contribution in [1.29, 1.82) is 0 Å². The minimum absolute atomic E-state index is 0.0125. The summed E-state index contributed by atoms with van der Waals surface area (Å²) in [4.78, 5) is 0. The van der Waals surface area contributed by atoms with Crippen LogP contribution in [0.2, 0.25) is 5.02 Å². The zero-order valence-corrected chi connectivity index (χ0v) is 11.8. The van der Waals surface area contributed by atoms with E-state index in [0.29, 0.717) is 22.9 Å². The van der Waals surface area contributed by atoms with Gasteiger partial charge in [-0.15, -0.1) is 0 Å². The molecule has 0 bridgehead atoms. The summed E-state index contributed by atoms with van der Waals surface area (Å²) >= 11 is 5.95. The number of rotatable bonds is 4. The summed E-state index contributed by atoms with van der Waals surface area (Å²) < 4.78 is 5.75. The highest BCUT2D eigenvalue weighted by Gasteiger charge is 2.10. The third-order valence-electron chi connectivity index (χ3n) is 2.97. The lowest BCUT2D eigenvalue weighted by Gasteiger charge is -2.12. The molecule has 4 nitrogen and oxygen atoms in total. The van der Waals surface area contributed by atoms with Gasteiger partial charge in [0.05, 0.1) is 5.56 Å². The van der Waals surface area contributed by atoms with Crippen molar-refractivity contribution < 1.29 is 9.94 Å². The Morgan fingerprint density at radius 1 is 1.30 bits per heavy atom. The van der Waals surface area contributed by atoms with E-state index in [2.05, 4.69) is 5.16 Å². The first-order valence-electron chi connectivity index (χ1n) is 6.06. The molecule has 0 spiro atoms. The molecule has 0 amide bonds. The predicted molar refractivity (Wildman–Crippen MR) is 79.5 cm³/mol. The van der Waals surface area contributed by atoms with E-state index in [0.717, 1.165) is 11.1 Å². The van der Waals surface area contributed by atoms with Crippen LogP contribution >= 0.6 is 11.6 Å². The number of halogens is 1. The predicted octanol–water partition coefficient (Wildman–Crippen LogP) is 3.32. The van der Waals surface area contributed by atoms with E-state index in [4.69, 9.17) is 27.3 Å². The molecule has 0 atom stereocenters. The first kappa shape index (κ1) is 14.2. The first-order valence-corrected chi connectivity index (χ1v) is 6.44. The van der Waals surface area contributed by atoms with E-state index in [-0.39, 0.29) is 5.84 Å². The molecule has 3 N–H and O–H groups in total.